The van der Waals surface area contributed by atoms with Gasteiger partial charge in [0, 0.05) is 50.6 Å². The SMILES string of the molecule is CN=C(NCc1ccc(C)cc1OCC1CCOC1)NCc1nccn1CC(C)C. The van der Waals surface area contributed by atoms with Crippen LogP contribution in [-0.2, 0) is 24.4 Å². The number of ether oxygens (including phenoxy) is 2. The summed E-state index contributed by atoms with van der Waals surface area (Å²) in [6.45, 7) is 11.0. The second-order valence-corrected chi connectivity index (χ2v) is 8.32. The van der Waals surface area contributed by atoms with E-state index in [1.807, 2.05) is 12.4 Å². The zero-order chi connectivity index (χ0) is 21.3. The summed E-state index contributed by atoms with van der Waals surface area (Å²) in [4.78, 5) is 8.82. The Morgan fingerprint density at radius 1 is 1.33 bits per heavy atom. The molecule has 0 spiro atoms. The van der Waals surface area contributed by atoms with Gasteiger partial charge in [0.2, 0.25) is 0 Å². The lowest BCUT2D eigenvalue weighted by Crippen LogP contribution is -2.37. The number of rotatable bonds is 9. The third-order valence-electron chi connectivity index (χ3n) is 5.17. The molecule has 1 fully saturated rings. The van der Waals surface area contributed by atoms with Crippen molar-refractivity contribution in [1.82, 2.24) is 20.2 Å². The molecule has 0 bridgehead atoms. The first-order chi connectivity index (χ1) is 14.5. The van der Waals surface area contributed by atoms with Crippen molar-refractivity contribution in [3.63, 3.8) is 0 Å². The third kappa shape index (κ3) is 6.49. The number of aryl methyl sites for hydroxylation is 1. The van der Waals surface area contributed by atoms with Crippen molar-refractivity contribution in [2.24, 2.45) is 16.8 Å². The molecule has 1 aliphatic rings. The summed E-state index contributed by atoms with van der Waals surface area (Å²) in [6.07, 6.45) is 4.95. The van der Waals surface area contributed by atoms with Crippen LogP contribution in [0.1, 0.15) is 37.2 Å². The van der Waals surface area contributed by atoms with E-state index in [9.17, 15) is 0 Å². The molecule has 0 saturated carbocycles. The maximum Gasteiger partial charge on any atom is 0.191 e. The van der Waals surface area contributed by atoms with Gasteiger partial charge >= 0.3 is 0 Å². The van der Waals surface area contributed by atoms with Gasteiger partial charge in [-0.15, -0.1) is 0 Å². The van der Waals surface area contributed by atoms with Crippen molar-refractivity contribution in [3.05, 3.63) is 47.5 Å². The number of nitrogens with zero attached hydrogens (tertiary/aromatic N) is 3. The molecule has 7 nitrogen and oxygen atoms in total. The van der Waals surface area contributed by atoms with Crippen molar-refractivity contribution in [2.75, 3.05) is 26.9 Å². The van der Waals surface area contributed by atoms with Crippen LogP contribution in [0.3, 0.4) is 0 Å². The van der Waals surface area contributed by atoms with Crippen LogP contribution in [0.5, 0.6) is 5.75 Å². The molecular formula is C23H35N5O2. The molecule has 3 rings (SSSR count). The van der Waals surface area contributed by atoms with Crippen molar-refractivity contribution >= 4 is 5.96 Å². The highest BCUT2D eigenvalue weighted by atomic mass is 16.5. The number of aromatic nitrogens is 2. The molecule has 1 saturated heterocycles. The lowest BCUT2D eigenvalue weighted by molar-refractivity contribution is 0.166. The highest BCUT2D eigenvalue weighted by Crippen LogP contribution is 2.22. The number of nitrogens with one attached hydrogen (secondary N) is 2. The summed E-state index contributed by atoms with van der Waals surface area (Å²) in [5, 5.41) is 6.75. The van der Waals surface area contributed by atoms with Crippen molar-refractivity contribution in [2.45, 2.75) is 46.8 Å². The largest absolute Gasteiger partial charge is 0.493 e. The van der Waals surface area contributed by atoms with Crippen LogP contribution in [-0.4, -0.2) is 42.4 Å². The van der Waals surface area contributed by atoms with Crippen molar-refractivity contribution in [3.8, 4) is 5.75 Å². The predicted molar refractivity (Wildman–Crippen MR) is 120 cm³/mol. The summed E-state index contributed by atoms with van der Waals surface area (Å²) in [5.41, 5.74) is 2.31. The van der Waals surface area contributed by atoms with E-state index in [2.05, 4.69) is 64.1 Å². The number of imidazole rings is 1. The first kappa shape index (κ1) is 22.2. The quantitative estimate of drug-likeness (QED) is 0.488. The number of benzene rings is 1. The Kier molecular flexibility index (Phi) is 8.13. The van der Waals surface area contributed by atoms with E-state index >= 15 is 0 Å². The lowest BCUT2D eigenvalue weighted by atomic mass is 10.1. The van der Waals surface area contributed by atoms with Gasteiger partial charge in [-0.3, -0.25) is 4.99 Å². The number of aliphatic imine (C=N–C) groups is 1. The Labute approximate surface area is 179 Å². The van der Waals surface area contributed by atoms with Crippen LogP contribution < -0.4 is 15.4 Å². The van der Waals surface area contributed by atoms with Gasteiger partial charge in [0.05, 0.1) is 19.8 Å². The van der Waals surface area contributed by atoms with Crippen LogP contribution in [0, 0.1) is 18.8 Å². The Balaban J connectivity index is 1.55. The summed E-state index contributed by atoms with van der Waals surface area (Å²) in [6, 6.07) is 6.33. The van der Waals surface area contributed by atoms with E-state index in [-0.39, 0.29) is 0 Å². The van der Waals surface area contributed by atoms with Crippen molar-refractivity contribution in [1.29, 1.82) is 0 Å². The smallest absolute Gasteiger partial charge is 0.191 e. The first-order valence-electron chi connectivity index (χ1n) is 10.8. The molecular weight excluding hydrogens is 378 g/mol. The first-order valence-corrected chi connectivity index (χ1v) is 10.8. The third-order valence-corrected chi connectivity index (χ3v) is 5.17. The molecule has 1 aliphatic heterocycles. The van der Waals surface area contributed by atoms with E-state index in [4.69, 9.17) is 9.47 Å². The van der Waals surface area contributed by atoms with Crippen LogP contribution in [0.4, 0.5) is 0 Å². The number of hydrogen-bond donors (Lipinski definition) is 2. The summed E-state index contributed by atoms with van der Waals surface area (Å²) >= 11 is 0. The van der Waals surface area contributed by atoms with Gasteiger partial charge in [0.1, 0.15) is 11.6 Å². The molecule has 0 radical (unpaired) electrons. The normalized spacial score (nSPS) is 16.8. The minimum absolute atomic E-state index is 0.482. The zero-order valence-corrected chi connectivity index (χ0v) is 18.6. The molecule has 2 heterocycles. The Bertz CT molecular complexity index is 825. The average molecular weight is 414 g/mol. The van der Waals surface area contributed by atoms with E-state index in [1.54, 1.807) is 7.05 Å². The minimum atomic E-state index is 0.482. The number of hydrogen-bond acceptors (Lipinski definition) is 4. The molecule has 30 heavy (non-hydrogen) atoms. The van der Waals surface area contributed by atoms with Gasteiger partial charge in [-0.1, -0.05) is 26.0 Å². The Hall–Kier alpha value is -2.54. The predicted octanol–water partition coefficient (Wildman–Crippen LogP) is 3.13. The molecule has 1 aromatic carbocycles. The van der Waals surface area contributed by atoms with Crippen LogP contribution in [0.15, 0.2) is 35.6 Å². The lowest BCUT2D eigenvalue weighted by Gasteiger charge is -2.17. The van der Waals surface area contributed by atoms with Crippen LogP contribution in [0.25, 0.3) is 0 Å². The molecule has 1 aromatic heterocycles. The van der Waals surface area contributed by atoms with Gasteiger partial charge in [0.15, 0.2) is 5.96 Å². The van der Waals surface area contributed by atoms with Gasteiger partial charge < -0.3 is 24.7 Å². The van der Waals surface area contributed by atoms with E-state index in [1.165, 1.54) is 5.56 Å². The topological polar surface area (TPSA) is 72.7 Å². The number of guanidine groups is 1. The zero-order valence-electron chi connectivity index (χ0n) is 18.6. The average Bonchev–Trinajstić information content (AvgIpc) is 3.39. The highest BCUT2D eigenvalue weighted by molar-refractivity contribution is 5.79. The van der Waals surface area contributed by atoms with Crippen LogP contribution in [0.2, 0.25) is 0 Å². The fraction of sp³-hybridized carbons (Fsp3) is 0.565. The molecule has 2 aromatic rings. The van der Waals surface area contributed by atoms with Crippen molar-refractivity contribution < 1.29 is 9.47 Å². The molecule has 164 valence electrons. The maximum absolute atomic E-state index is 6.15. The Morgan fingerprint density at radius 3 is 2.90 bits per heavy atom. The molecule has 7 heteroatoms. The highest BCUT2D eigenvalue weighted by Gasteiger charge is 2.17. The summed E-state index contributed by atoms with van der Waals surface area (Å²) < 4.78 is 13.8. The summed E-state index contributed by atoms with van der Waals surface area (Å²) in [7, 11) is 1.78. The monoisotopic (exact) mass is 413 g/mol. The second kappa shape index (κ2) is 11.0. The van der Waals surface area contributed by atoms with Crippen LogP contribution >= 0.6 is 0 Å². The molecule has 1 unspecified atom stereocenters. The minimum Gasteiger partial charge on any atom is -0.493 e. The van der Waals surface area contributed by atoms with Gasteiger partial charge in [-0.05, 0) is 30.9 Å². The fourth-order valence-electron chi connectivity index (χ4n) is 3.49. The van der Waals surface area contributed by atoms with Gasteiger partial charge in [0.25, 0.3) is 0 Å². The van der Waals surface area contributed by atoms with E-state index in [0.717, 1.165) is 49.3 Å². The molecule has 0 amide bonds. The van der Waals surface area contributed by atoms with E-state index in [0.29, 0.717) is 31.5 Å². The standard InChI is InChI=1S/C23H35N5O2/c1-17(2)14-28-9-8-25-22(28)13-27-23(24-4)26-12-20-6-5-18(3)11-21(20)30-16-19-7-10-29-15-19/h5-6,8-9,11,17,19H,7,10,12-16H2,1-4H3,(H2,24,26,27). The fourth-order valence-corrected chi connectivity index (χ4v) is 3.49. The molecule has 2 N–H and O–H groups in total. The maximum atomic E-state index is 6.15. The Morgan fingerprint density at radius 2 is 2.17 bits per heavy atom. The summed E-state index contributed by atoms with van der Waals surface area (Å²) in [5.74, 6) is 3.73. The molecule has 1 atom stereocenters. The van der Waals surface area contributed by atoms with Gasteiger partial charge in [-0.2, -0.15) is 0 Å². The van der Waals surface area contributed by atoms with Gasteiger partial charge in [-0.25, -0.2) is 4.98 Å². The second-order valence-electron chi connectivity index (χ2n) is 8.32. The van der Waals surface area contributed by atoms with E-state index < -0.39 is 0 Å². The molecule has 0 aliphatic carbocycles.